The first-order valence-electron chi connectivity index (χ1n) is 8.64. The van der Waals surface area contributed by atoms with Crippen molar-refractivity contribution in [2.24, 2.45) is 10.9 Å². The van der Waals surface area contributed by atoms with Gasteiger partial charge in [-0.3, -0.25) is 9.67 Å². The van der Waals surface area contributed by atoms with Crippen LogP contribution in [0.3, 0.4) is 0 Å². The first-order chi connectivity index (χ1) is 12.8. The number of hydrogen-bond acceptors (Lipinski definition) is 4. The van der Waals surface area contributed by atoms with Crippen LogP contribution in [0.1, 0.15) is 18.1 Å². The Hall–Kier alpha value is -2.42. The molecule has 9 heteroatoms. The summed E-state index contributed by atoms with van der Waals surface area (Å²) in [6.45, 7) is 3.83. The Bertz CT molecular complexity index is 866. The van der Waals surface area contributed by atoms with E-state index in [1.54, 1.807) is 13.2 Å². The van der Waals surface area contributed by atoms with Gasteiger partial charge < -0.3 is 10.6 Å². The normalized spacial score (nSPS) is 13.4. The number of nitrogens with zero attached hydrogens (tertiary/aromatic N) is 3. The third-order valence-electron chi connectivity index (χ3n) is 3.93. The molecule has 0 fully saturated rings. The van der Waals surface area contributed by atoms with Crippen LogP contribution in [0.15, 0.2) is 41.7 Å². The summed E-state index contributed by atoms with van der Waals surface area (Å²) in [5.41, 5.74) is 1.17. The number of hydrogen-bond donors (Lipinski definition) is 2. The zero-order chi connectivity index (χ0) is 19.9. The molecule has 2 N–H and O–H groups in total. The molecule has 0 aliphatic heterocycles. The summed E-state index contributed by atoms with van der Waals surface area (Å²) in [6.07, 6.45) is 4.82. The van der Waals surface area contributed by atoms with Crippen molar-refractivity contribution in [3.63, 3.8) is 0 Å². The van der Waals surface area contributed by atoms with E-state index >= 15 is 0 Å². The Morgan fingerprint density at radius 3 is 2.74 bits per heavy atom. The van der Waals surface area contributed by atoms with Crippen LogP contribution >= 0.6 is 0 Å². The van der Waals surface area contributed by atoms with Crippen LogP contribution in [0, 0.1) is 11.7 Å². The van der Waals surface area contributed by atoms with Crippen LogP contribution in [0.4, 0.5) is 4.39 Å². The number of aromatic nitrogens is 2. The maximum Gasteiger partial charge on any atom is 0.191 e. The first kappa shape index (κ1) is 20.9. The number of halogens is 1. The third-order valence-corrected chi connectivity index (χ3v) is 4.77. The average Bonchev–Trinajstić information content (AvgIpc) is 3.09. The SMILES string of the molecule is CN=C(NCc1cc(F)ccc1CS(C)(=O)=O)NCC(C)Cn1cccn1. The molecule has 1 aromatic heterocycles. The van der Waals surface area contributed by atoms with Gasteiger partial charge in [0.15, 0.2) is 15.8 Å². The Kier molecular flexibility index (Phi) is 7.35. The predicted molar refractivity (Wildman–Crippen MR) is 105 cm³/mol. The molecule has 1 atom stereocenters. The summed E-state index contributed by atoms with van der Waals surface area (Å²) >= 11 is 0. The molecule has 0 amide bonds. The van der Waals surface area contributed by atoms with E-state index in [0.29, 0.717) is 29.5 Å². The van der Waals surface area contributed by atoms with Crippen LogP contribution in [0.5, 0.6) is 0 Å². The summed E-state index contributed by atoms with van der Waals surface area (Å²) in [6, 6.07) is 6.01. The van der Waals surface area contributed by atoms with E-state index in [0.717, 1.165) is 12.8 Å². The van der Waals surface area contributed by atoms with Crippen molar-refractivity contribution >= 4 is 15.8 Å². The quantitative estimate of drug-likeness (QED) is 0.523. The summed E-state index contributed by atoms with van der Waals surface area (Å²) in [4.78, 5) is 4.16. The van der Waals surface area contributed by atoms with Gasteiger partial charge in [-0.25, -0.2) is 12.8 Å². The molecule has 0 bridgehead atoms. The number of guanidine groups is 1. The molecular weight excluding hydrogens is 369 g/mol. The minimum absolute atomic E-state index is 0.128. The van der Waals surface area contributed by atoms with Crippen LogP contribution in [0.25, 0.3) is 0 Å². The molecule has 27 heavy (non-hydrogen) atoms. The van der Waals surface area contributed by atoms with Gasteiger partial charge in [0.1, 0.15) is 5.82 Å². The van der Waals surface area contributed by atoms with E-state index in [4.69, 9.17) is 0 Å². The van der Waals surface area contributed by atoms with Crippen LogP contribution in [-0.4, -0.2) is 44.0 Å². The van der Waals surface area contributed by atoms with E-state index in [1.807, 2.05) is 16.9 Å². The summed E-state index contributed by atoms with van der Waals surface area (Å²) in [5, 5.41) is 10.5. The Morgan fingerprint density at radius 1 is 1.33 bits per heavy atom. The topological polar surface area (TPSA) is 88.4 Å². The van der Waals surface area contributed by atoms with E-state index < -0.39 is 15.7 Å². The van der Waals surface area contributed by atoms with Crippen molar-refractivity contribution in [1.29, 1.82) is 0 Å². The van der Waals surface area contributed by atoms with Gasteiger partial charge in [-0.2, -0.15) is 5.10 Å². The van der Waals surface area contributed by atoms with Gasteiger partial charge in [-0.1, -0.05) is 13.0 Å². The highest BCUT2D eigenvalue weighted by Gasteiger charge is 2.11. The molecule has 0 radical (unpaired) electrons. The molecular formula is C18H26FN5O2S. The van der Waals surface area contributed by atoms with Crippen molar-refractivity contribution in [2.75, 3.05) is 19.8 Å². The largest absolute Gasteiger partial charge is 0.356 e. The average molecular weight is 396 g/mol. The Morgan fingerprint density at radius 2 is 2.11 bits per heavy atom. The highest BCUT2D eigenvalue weighted by molar-refractivity contribution is 7.89. The molecule has 0 aliphatic carbocycles. The molecule has 0 spiro atoms. The number of nitrogens with one attached hydrogen (secondary N) is 2. The van der Waals surface area contributed by atoms with Crippen LogP contribution in [-0.2, 0) is 28.7 Å². The highest BCUT2D eigenvalue weighted by Crippen LogP contribution is 2.14. The van der Waals surface area contributed by atoms with E-state index in [2.05, 4.69) is 27.6 Å². The molecule has 1 unspecified atom stereocenters. The van der Waals surface area contributed by atoms with Crippen molar-refractivity contribution in [1.82, 2.24) is 20.4 Å². The molecule has 148 valence electrons. The molecule has 0 saturated carbocycles. The number of sulfone groups is 1. The second-order valence-electron chi connectivity index (χ2n) is 6.62. The third kappa shape index (κ3) is 7.38. The van der Waals surface area contributed by atoms with E-state index in [9.17, 15) is 12.8 Å². The molecule has 2 aromatic rings. The number of benzene rings is 1. The lowest BCUT2D eigenvalue weighted by Gasteiger charge is -2.17. The predicted octanol–water partition coefficient (Wildman–Crippen LogP) is 1.57. The number of aliphatic imine (C=N–C) groups is 1. The Balaban J connectivity index is 1.92. The van der Waals surface area contributed by atoms with Gasteiger partial charge in [0, 0.05) is 45.3 Å². The van der Waals surface area contributed by atoms with Crippen LogP contribution < -0.4 is 10.6 Å². The molecule has 1 heterocycles. The van der Waals surface area contributed by atoms with E-state index in [-0.39, 0.29) is 12.3 Å². The monoisotopic (exact) mass is 395 g/mol. The van der Waals surface area contributed by atoms with Crippen LogP contribution in [0.2, 0.25) is 0 Å². The Labute approximate surface area is 159 Å². The smallest absolute Gasteiger partial charge is 0.191 e. The second-order valence-corrected chi connectivity index (χ2v) is 8.76. The minimum atomic E-state index is -3.21. The van der Waals surface area contributed by atoms with Gasteiger partial charge in [0.2, 0.25) is 0 Å². The van der Waals surface area contributed by atoms with Gasteiger partial charge in [0.25, 0.3) is 0 Å². The lowest BCUT2D eigenvalue weighted by molar-refractivity contribution is 0.443. The van der Waals surface area contributed by atoms with Gasteiger partial charge in [-0.05, 0) is 35.2 Å². The molecule has 7 nitrogen and oxygen atoms in total. The molecule has 0 aliphatic rings. The van der Waals surface area contributed by atoms with Crippen molar-refractivity contribution in [3.05, 3.63) is 53.6 Å². The molecule has 0 saturated heterocycles. The fourth-order valence-electron chi connectivity index (χ4n) is 2.65. The van der Waals surface area contributed by atoms with Crippen molar-refractivity contribution in [3.8, 4) is 0 Å². The number of rotatable bonds is 8. The molecule has 2 rings (SSSR count). The minimum Gasteiger partial charge on any atom is -0.356 e. The highest BCUT2D eigenvalue weighted by atomic mass is 32.2. The lowest BCUT2D eigenvalue weighted by Crippen LogP contribution is -2.39. The van der Waals surface area contributed by atoms with Crippen molar-refractivity contribution in [2.45, 2.75) is 25.8 Å². The van der Waals surface area contributed by atoms with Gasteiger partial charge in [-0.15, -0.1) is 0 Å². The maximum atomic E-state index is 13.6. The second kappa shape index (κ2) is 9.50. The van der Waals surface area contributed by atoms with Crippen molar-refractivity contribution < 1.29 is 12.8 Å². The van der Waals surface area contributed by atoms with Gasteiger partial charge >= 0.3 is 0 Å². The fourth-order valence-corrected chi connectivity index (χ4v) is 3.49. The lowest BCUT2D eigenvalue weighted by atomic mass is 10.1. The zero-order valence-corrected chi connectivity index (χ0v) is 16.6. The maximum absolute atomic E-state index is 13.6. The fraction of sp³-hybridized carbons (Fsp3) is 0.444. The summed E-state index contributed by atoms with van der Waals surface area (Å²) in [5.74, 6) is 0.354. The van der Waals surface area contributed by atoms with Gasteiger partial charge in [0.05, 0.1) is 5.75 Å². The standard InChI is InChI=1S/C18H26FN5O2S/c1-14(12-24-8-4-7-23-24)10-21-18(20-2)22-11-16-9-17(19)6-5-15(16)13-27(3,25)26/h4-9,14H,10-13H2,1-3H3,(H2,20,21,22). The van der Waals surface area contributed by atoms with E-state index in [1.165, 1.54) is 18.2 Å². The first-order valence-corrected chi connectivity index (χ1v) is 10.7. The molecule has 1 aromatic carbocycles. The summed E-state index contributed by atoms with van der Waals surface area (Å²) < 4.78 is 38.6. The zero-order valence-electron chi connectivity index (χ0n) is 15.8. The summed E-state index contributed by atoms with van der Waals surface area (Å²) in [7, 11) is -1.56.